The number of piperidine rings is 1. The molecule has 0 radical (unpaired) electrons. The Morgan fingerprint density at radius 2 is 1.71 bits per heavy atom. The lowest BCUT2D eigenvalue weighted by Gasteiger charge is -2.37. The molecule has 0 aliphatic carbocycles. The molecular weight excluding hydrogens is 281 g/mol. The van der Waals surface area contributed by atoms with E-state index in [1.54, 1.807) is 6.07 Å². The fraction of sp³-hybridized carbons (Fsp3) is 0.714. The van der Waals surface area contributed by atoms with Gasteiger partial charge in [0.05, 0.1) is 0 Å². The number of hydrogen-bond donors (Lipinski definition) is 0. The molecule has 4 nitrogen and oxygen atoms in total. The van der Waals surface area contributed by atoms with Crippen LogP contribution in [-0.2, 0) is 6.18 Å². The highest BCUT2D eigenvalue weighted by Crippen LogP contribution is 2.28. The monoisotopic (exact) mass is 300 g/mol. The van der Waals surface area contributed by atoms with Gasteiger partial charge in [-0.15, -0.1) is 0 Å². The Kier molecular flexibility index (Phi) is 4.01. The van der Waals surface area contributed by atoms with Crippen LogP contribution in [0.15, 0.2) is 12.3 Å². The summed E-state index contributed by atoms with van der Waals surface area (Å²) in [6.07, 6.45) is 1.22. The third-order valence-corrected chi connectivity index (χ3v) is 4.34. The van der Waals surface area contributed by atoms with Crippen LogP contribution in [0.2, 0.25) is 0 Å². The second kappa shape index (κ2) is 5.79. The van der Waals surface area contributed by atoms with Crippen molar-refractivity contribution in [1.82, 2.24) is 14.9 Å². The Hall–Kier alpha value is -1.37. The van der Waals surface area contributed by atoms with Gasteiger partial charge >= 0.3 is 6.18 Å². The Balaban J connectivity index is 1.64. The van der Waals surface area contributed by atoms with Crippen LogP contribution in [0, 0.1) is 0 Å². The molecule has 0 N–H and O–H groups in total. The Bertz CT molecular complexity index is 477. The number of alkyl halides is 3. The van der Waals surface area contributed by atoms with E-state index in [4.69, 9.17) is 0 Å². The summed E-state index contributed by atoms with van der Waals surface area (Å²) < 4.78 is 38.0. The van der Waals surface area contributed by atoms with Crippen LogP contribution in [0.25, 0.3) is 0 Å². The molecule has 3 rings (SSSR count). The SMILES string of the molecule is FC(F)(F)c1nccc(N2CCC(N3CCCC3)CC2)n1. The lowest BCUT2D eigenvalue weighted by atomic mass is 10.0. The molecule has 0 amide bonds. The van der Waals surface area contributed by atoms with Gasteiger partial charge in [-0.1, -0.05) is 0 Å². The zero-order chi connectivity index (χ0) is 14.9. The number of likely N-dealkylation sites (tertiary alicyclic amines) is 1. The fourth-order valence-corrected chi connectivity index (χ4v) is 3.23. The van der Waals surface area contributed by atoms with Crippen molar-refractivity contribution in [2.75, 3.05) is 31.1 Å². The molecular formula is C14H19F3N4. The van der Waals surface area contributed by atoms with Crippen molar-refractivity contribution in [3.05, 3.63) is 18.1 Å². The second-order valence-electron chi connectivity index (χ2n) is 5.70. The molecule has 116 valence electrons. The van der Waals surface area contributed by atoms with Crippen molar-refractivity contribution in [3.8, 4) is 0 Å². The highest BCUT2D eigenvalue weighted by Gasteiger charge is 2.35. The van der Waals surface area contributed by atoms with E-state index in [0.717, 1.165) is 39.0 Å². The maximum atomic E-state index is 12.7. The average molecular weight is 300 g/mol. The number of anilines is 1. The molecule has 1 aromatic rings. The average Bonchev–Trinajstić information content (AvgIpc) is 3.01. The van der Waals surface area contributed by atoms with Crippen LogP contribution in [0.4, 0.5) is 19.0 Å². The van der Waals surface area contributed by atoms with E-state index in [-0.39, 0.29) is 0 Å². The van der Waals surface area contributed by atoms with Gasteiger partial charge < -0.3 is 9.80 Å². The molecule has 0 saturated carbocycles. The molecule has 2 saturated heterocycles. The van der Waals surface area contributed by atoms with Gasteiger partial charge in [0.1, 0.15) is 5.82 Å². The van der Waals surface area contributed by atoms with Gasteiger partial charge in [-0.25, -0.2) is 9.97 Å². The summed E-state index contributed by atoms with van der Waals surface area (Å²) in [7, 11) is 0. The summed E-state index contributed by atoms with van der Waals surface area (Å²) in [5.74, 6) is -0.668. The Labute approximate surface area is 122 Å². The van der Waals surface area contributed by atoms with Crippen LogP contribution < -0.4 is 4.90 Å². The van der Waals surface area contributed by atoms with Gasteiger partial charge in [0.15, 0.2) is 0 Å². The van der Waals surface area contributed by atoms with Crippen LogP contribution in [0.1, 0.15) is 31.5 Å². The van der Waals surface area contributed by atoms with Crippen molar-refractivity contribution in [1.29, 1.82) is 0 Å². The van der Waals surface area contributed by atoms with E-state index < -0.39 is 12.0 Å². The van der Waals surface area contributed by atoms with Gasteiger partial charge in [0.2, 0.25) is 5.82 Å². The number of hydrogen-bond acceptors (Lipinski definition) is 4. The standard InChI is InChI=1S/C14H19F3N4/c15-14(16,17)13-18-6-3-12(19-13)21-9-4-11(5-10-21)20-7-1-2-8-20/h3,6,11H,1-2,4-5,7-10H2. The molecule has 0 unspecified atom stereocenters. The first-order valence-corrected chi connectivity index (χ1v) is 7.43. The summed E-state index contributed by atoms with van der Waals surface area (Å²) in [6.45, 7) is 3.84. The number of halogens is 3. The van der Waals surface area contributed by atoms with Crippen molar-refractivity contribution in [2.45, 2.75) is 37.9 Å². The zero-order valence-corrected chi connectivity index (χ0v) is 11.8. The molecule has 0 aromatic carbocycles. The molecule has 21 heavy (non-hydrogen) atoms. The lowest BCUT2D eigenvalue weighted by Crippen LogP contribution is -2.44. The maximum Gasteiger partial charge on any atom is 0.451 e. The Morgan fingerprint density at radius 1 is 1.05 bits per heavy atom. The lowest BCUT2D eigenvalue weighted by molar-refractivity contribution is -0.144. The first-order chi connectivity index (χ1) is 10.0. The normalized spacial score (nSPS) is 22.0. The summed E-state index contributed by atoms with van der Waals surface area (Å²) in [6, 6.07) is 2.14. The van der Waals surface area contributed by atoms with Crippen LogP contribution in [0.3, 0.4) is 0 Å². The third-order valence-electron chi connectivity index (χ3n) is 4.34. The molecule has 7 heteroatoms. The zero-order valence-electron chi connectivity index (χ0n) is 11.8. The van der Waals surface area contributed by atoms with E-state index in [1.807, 2.05) is 4.90 Å². The topological polar surface area (TPSA) is 32.3 Å². The van der Waals surface area contributed by atoms with Crippen LogP contribution in [0.5, 0.6) is 0 Å². The first-order valence-electron chi connectivity index (χ1n) is 7.43. The maximum absolute atomic E-state index is 12.7. The van der Waals surface area contributed by atoms with E-state index >= 15 is 0 Å². The van der Waals surface area contributed by atoms with Crippen molar-refractivity contribution in [3.63, 3.8) is 0 Å². The molecule has 0 atom stereocenters. The third kappa shape index (κ3) is 3.28. The van der Waals surface area contributed by atoms with Gasteiger partial charge in [-0.05, 0) is 44.8 Å². The summed E-state index contributed by atoms with van der Waals surface area (Å²) >= 11 is 0. The van der Waals surface area contributed by atoms with Crippen molar-refractivity contribution in [2.24, 2.45) is 0 Å². The van der Waals surface area contributed by atoms with Gasteiger partial charge in [0.25, 0.3) is 0 Å². The smallest absolute Gasteiger partial charge is 0.356 e. The molecule has 0 bridgehead atoms. The molecule has 0 spiro atoms. The predicted octanol–water partition coefficient (Wildman–Crippen LogP) is 2.56. The first kappa shape index (κ1) is 14.6. The minimum atomic E-state index is -4.48. The molecule has 1 aromatic heterocycles. The molecule has 2 fully saturated rings. The fourth-order valence-electron chi connectivity index (χ4n) is 3.23. The molecule has 3 heterocycles. The highest BCUT2D eigenvalue weighted by molar-refractivity contribution is 5.38. The van der Waals surface area contributed by atoms with Gasteiger partial charge in [-0.3, -0.25) is 0 Å². The Morgan fingerprint density at radius 3 is 2.33 bits per heavy atom. The highest BCUT2D eigenvalue weighted by atomic mass is 19.4. The number of rotatable bonds is 2. The predicted molar refractivity (Wildman–Crippen MR) is 73.1 cm³/mol. The van der Waals surface area contributed by atoms with Crippen molar-refractivity contribution < 1.29 is 13.2 Å². The molecule has 2 aliphatic heterocycles. The minimum Gasteiger partial charge on any atom is -0.356 e. The molecule has 2 aliphatic rings. The quantitative estimate of drug-likeness (QED) is 0.840. The van der Waals surface area contributed by atoms with Gasteiger partial charge in [0, 0.05) is 25.3 Å². The number of aromatic nitrogens is 2. The summed E-state index contributed by atoms with van der Waals surface area (Å²) in [5, 5.41) is 0. The van der Waals surface area contributed by atoms with Crippen LogP contribution in [-0.4, -0.2) is 47.1 Å². The number of nitrogens with zero attached hydrogens (tertiary/aromatic N) is 4. The van der Waals surface area contributed by atoms with Crippen molar-refractivity contribution >= 4 is 5.82 Å². The second-order valence-corrected chi connectivity index (χ2v) is 5.70. The largest absolute Gasteiger partial charge is 0.451 e. The van der Waals surface area contributed by atoms with E-state index in [1.165, 1.54) is 19.0 Å². The summed E-state index contributed by atoms with van der Waals surface area (Å²) in [5.41, 5.74) is 0. The summed E-state index contributed by atoms with van der Waals surface area (Å²) in [4.78, 5) is 11.4. The minimum absolute atomic E-state index is 0.386. The van der Waals surface area contributed by atoms with Crippen LogP contribution >= 0.6 is 0 Å². The van der Waals surface area contributed by atoms with E-state index in [0.29, 0.717) is 11.9 Å². The van der Waals surface area contributed by atoms with E-state index in [2.05, 4.69) is 14.9 Å². The van der Waals surface area contributed by atoms with Gasteiger partial charge in [-0.2, -0.15) is 13.2 Å². The van der Waals surface area contributed by atoms with E-state index in [9.17, 15) is 13.2 Å².